The highest BCUT2D eigenvalue weighted by atomic mass is 32.1. The Morgan fingerprint density at radius 3 is 2.78 bits per heavy atom. The topological polar surface area (TPSA) is 37.8 Å². The van der Waals surface area contributed by atoms with Gasteiger partial charge in [0.25, 0.3) is 0 Å². The highest BCUT2D eigenvalue weighted by Crippen LogP contribution is 2.40. The molecule has 1 fully saturated rings. The number of hydrogen-bond donors (Lipinski definition) is 1. The van der Waals surface area contributed by atoms with Crippen molar-refractivity contribution in [2.75, 3.05) is 6.54 Å². The molecule has 3 nitrogen and oxygen atoms in total. The minimum absolute atomic E-state index is 0.396. The molecule has 0 spiro atoms. The first-order valence-electron chi connectivity index (χ1n) is 7.32. The van der Waals surface area contributed by atoms with E-state index in [1.54, 1.807) is 0 Å². The van der Waals surface area contributed by atoms with E-state index in [9.17, 15) is 0 Å². The predicted octanol–water partition coefficient (Wildman–Crippen LogP) is 3.89. The second kappa shape index (κ2) is 6.62. The van der Waals surface area contributed by atoms with E-state index in [1.165, 1.54) is 35.7 Å². The molecule has 3 unspecified atom stereocenters. The van der Waals surface area contributed by atoms with Crippen molar-refractivity contribution in [1.82, 2.24) is 15.5 Å². The first kappa shape index (κ1) is 13.9. The molecule has 1 aromatic rings. The molecule has 1 aliphatic carbocycles. The Balaban J connectivity index is 2.04. The lowest BCUT2D eigenvalue weighted by Gasteiger charge is -2.13. The normalized spacial score (nSPS) is 25.5. The van der Waals surface area contributed by atoms with Gasteiger partial charge in [0, 0.05) is 5.92 Å². The first-order valence-corrected chi connectivity index (χ1v) is 8.14. The van der Waals surface area contributed by atoms with Crippen molar-refractivity contribution in [3.63, 3.8) is 0 Å². The van der Waals surface area contributed by atoms with E-state index >= 15 is 0 Å². The molecule has 1 N–H and O–H groups in total. The molecule has 0 bridgehead atoms. The minimum Gasteiger partial charge on any atom is -0.308 e. The van der Waals surface area contributed by atoms with E-state index in [0.29, 0.717) is 12.0 Å². The van der Waals surface area contributed by atoms with E-state index in [2.05, 4.69) is 36.3 Å². The molecule has 1 aromatic heterocycles. The molecule has 0 radical (unpaired) electrons. The van der Waals surface area contributed by atoms with E-state index < -0.39 is 0 Å². The van der Waals surface area contributed by atoms with E-state index in [1.807, 2.05) is 11.3 Å². The van der Waals surface area contributed by atoms with Crippen LogP contribution in [0, 0.1) is 5.92 Å². The van der Waals surface area contributed by atoms with Crippen LogP contribution in [-0.2, 0) is 0 Å². The summed E-state index contributed by atoms with van der Waals surface area (Å²) >= 11 is 1.83. The molecule has 0 aromatic carbocycles. The highest BCUT2D eigenvalue weighted by Gasteiger charge is 2.28. The smallest absolute Gasteiger partial charge is 0.134 e. The summed E-state index contributed by atoms with van der Waals surface area (Å²) in [5.41, 5.74) is 0. The van der Waals surface area contributed by atoms with Crippen molar-refractivity contribution >= 4 is 11.3 Å². The molecule has 0 aliphatic heterocycles. The lowest BCUT2D eigenvalue weighted by Crippen LogP contribution is -2.21. The molecule has 102 valence electrons. The highest BCUT2D eigenvalue weighted by molar-refractivity contribution is 7.11. The average Bonchev–Trinajstić information content (AvgIpc) is 2.99. The van der Waals surface area contributed by atoms with Crippen LogP contribution in [0.4, 0.5) is 0 Å². The third-order valence-electron chi connectivity index (χ3n) is 3.98. The summed E-state index contributed by atoms with van der Waals surface area (Å²) in [6.45, 7) is 7.83. The SMILES string of the molecule is CCCNC(CC)c1nnc(C2CCCC2C)s1. The lowest BCUT2D eigenvalue weighted by molar-refractivity contribution is 0.510. The van der Waals surface area contributed by atoms with Gasteiger partial charge in [-0.15, -0.1) is 10.2 Å². The summed E-state index contributed by atoms with van der Waals surface area (Å²) in [5, 5.41) is 14.9. The summed E-state index contributed by atoms with van der Waals surface area (Å²) in [5.74, 6) is 1.45. The monoisotopic (exact) mass is 267 g/mol. The van der Waals surface area contributed by atoms with Gasteiger partial charge >= 0.3 is 0 Å². The van der Waals surface area contributed by atoms with Crippen molar-refractivity contribution in [1.29, 1.82) is 0 Å². The summed E-state index contributed by atoms with van der Waals surface area (Å²) in [6, 6.07) is 0.396. The zero-order chi connectivity index (χ0) is 13.0. The first-order chi connectivity index (χ1) is 8.76. The van der Waals surface area contributed by atoms with Crippen LogP contribution in [0.3, 0.4) is 0 Å². The predicted molar refractivity (Wildman–Crippen MR) is 77.0 cm³/mol. The minimum atomic E-state index is 0.396. The van der Waals surface area contributed by atoms with Crippen LogP contribution >= 0.6 is 11.3 Å². The Hall–Kier alpha value is -0.480. The zero-order valence-corrected chi connectivity index (χ0v) is 12.6. The van der Waals surface area contributed by atoms with Crippen molar-refractivity contribution in [3.05, 3.63) is 10.0 Å². The number of aromatic nitrogens is 2. The van der Waals surface area contributed by atoms with Gasteiger partial charge in [0.05, 0.1) is 6.04 Å². The number of nitrogens with zero attached hydrogens (tertiary/aromatic N) is 2. The van der Waals surface area contributed by atoms with Crippen LogP contribution < -0.4 is 5.32 Å². The maximum atomic E-state index is 4.45. The molecule has 1 heterocycles. The molecule has 3 atom stereocenters. The lowest BCUT2D eigenvalue weighted by atomic mass is 9.99. The third-order valence-corrected chi connectivity index (χ3v) is 5.15. The van der Waals surface area contributed by atoms with Crippen molar-refractivity contribution < 1.29 is 0 Å². The molecular weight excluding hydrogens is 242 g/mol. The van der Waals surface area contributed by atoms with Gasteiger partial charge in [-0.05, 0) is 31.7 Å². The number of rotatable bonds is 6. The fraction of sp³-hybridized carbons (Fsp3) is 0.857. The van der Waals surface area contributed by atoms with Crippen LogP contribution in [0.5, 0.6) is 0 Å². The largest absolute Gasteiger partial charge is 0.308 e. The van der Waals surface area contributed by atoms with E-state index in [0.717, 1.165) is 18.9 Å². The summed E-state index contributed by atoms with van der Waals surface area (Å²) in [6.07, 6.45) is 6.27. The Morgan fingerprint density at radius 1 is 1.33 bits per heavy atom. The Labute approximate surface area is 114 Å². The fourth-order valence-electron chi connectivity index (χ4n) is 2.77. The van der Waals surface area contributed by atoms with Gasteiger partial charge in [0.2, 0.25) is 0 Å². The number of hydrogen-bond acceptors (Lipinski definition) is 4. The van der Waals surface area contributed by atoms with Crippen molar-refractivity contribution in [3.8, 4) is 0 Å². The Bertz CT molecular complexity index is 364. The quantitative estimate of drug-likeness (QED) is 0.849. The molecule has 1 aliphatic rings. The molecule has 1 saturated carbocycles. The van der Waals surface area contributed by atoms with Crippen LogP contribution in [0.2, 0.25) is 0 Å². The standard InChI is InChI=1S/C14H25N3S/c1-4-9-15-12(5-2)14-17-16-13(18-14)11-8-6-7-10(11)3/h10-12,15H,4-9H2,1-3H3. The van der Waals surface area contributed by atoms with Crippen LogP contribution in [0.15, 0.2) is 0 Å². The fourth-order valence-corrected chi connectivity index (χ4v) is 4.05. The molecule has 4 heteroatoms. The van der Waals surface area contributed by atoms with E-state index in [-0.39, 0.29) is 0 Å². The van der Waals surface area contributed by atoms with Gasteiger partial charge in [-0.2, -0.15) is 0 Å². The van der Waals surface area contributed by atoms with Crippen LogP contribution in [0.1, 0.15) is 74.9 Å². The second-order valence-corrected chi connectivity index (χ2v) is 6.45. The Kier molecular flexibility index (Phi) is 5.13. The zero-order valence-electron chi connectivity index (χ0n) is 11.8. The van der Waals surface area contributed by atoms with Crippen molar-refractivity contribution in [2.24, 2.45) is 5.92 Å². The second-order valence-electron chi connectivity index (χ2n) is 5.41. The number of nitrogens with one attached hydrogen (secondary N) is 1. The summed E-state index contributed by atoms with van der Waals surface area (Å²) in [4.78, 5) is 0. The molecule has 18 heavy (non-hydrogen) atoms. The van der Waals surface area contributed by atoms with Gasteiger partial charge in [-0.25, -0.2) is 0 Å². The molecule has 0 amide bonds. The van der Waals surface area contributed by atoms with Crippen LogP contribution in [-0.4, -0.2) is 16.7 Å². The maximum Gasteiger partial charge on any atom is 0.134 e. The summed E-state index contributed by atoms with van der Waals surface area (Å²) < 4.78 is 0. The summed E-state index contributed by atoms with van der Waals surface area (Å²) in [7, 11) is 0. The molecule has 0 saturated heterocycles. The third kappa shape index (κ3) is 3.09. The molecule has 2 rings (SSSR count). The van der Waals surface area contributed by atoms with Gasteiger partial charge < -0.3 is 5.32 Å². The van der Waals surface area contributed by atoms with Gasteiger partial charge in [-0.1, -0.05) is 44.9 Å². The maximum absolute atomic E-state index is 4.45. The van der Waals surface area contributed by atoms with Gasteiger partial charge in [-0.3, -0.25) is 0 Å². The van der Waals surface area contributed by atoms with Gasteiger partial charge in [0.15, 0.2) is 0 Å². The molecular formula is C14H25N3S. The van der Waals surface area contributed by atoms with Crippen LogP contribution in [0.25, 0.3) is 0 Å². The van der Waals surface area contributed by atoms with E-state index in [4.69, 9.17) is 0 Å². The average molecular weight is 267 g/mol. The van der Waals surface area contributed by atoms with Crippen molar-refractivity contribution in [2.45, 2.75) is 64.8 Å². The Morgan fingerprint density at radius 2 is 2.17 bits per heavy atom. The van der Waals surface area contributed by atoms with Gasteiger partial charge in [0.1, 0.15) is 10.0 Å².